The summed E-state index contributed by atoms with van der Waals surface area (Å²) >= 11 is 0. The molecule has 2 fully saturated rings. The molecule has 5 nitrogen and oxygen atoms in total. The molecule has 1 aromatic heterocycles. The van der Waals surface area contributed by atoms with Crippen LogP contribution in [0, 0.1) is 5.41 Å². The number of halogens is 3. The Kier molecular flexibility index (Phi) is 4.41. The van der Waals surface area contributed by atoms with Crippen LogP contribution in [0.3, 0.4) is 0 Å². The maximum atomic E-state index is 12.2. The van der Waals surface area contributed by atoms with Crippen LogP contribution in [0.1, 0.15) is 49.4 Å². The van der Waals surface area contributed by atoms with Crippen molar-refractivity contribution < 1.29 is 27.2 Å². The summed E-state index contributed by atoms with van der Waals surface area (Å²) in [6, 6.07) is 7.78. The van der Waals surface area contributed by atoms with Crippen LogP contribution in [0.2, 0.25) is 0 Å². The fourth-order valence-electron chi connectivity index (χ4n) is 4.41. The number of hydrogen-bond acceptors (Lipinski definition) is 5. The number of ether oxygens (including phenoxy) is 2. The highest BCUT2D eigenvalue weighted by atomic mass is 19.4. The van der Waals surface area contributed by atoms with Crippen LogP contribution in [-0.2, 0) is 16.8 Å². The maximum Gasteiger partial charge on any atom is 0.411 e. The second-order valence-corrected chi connectivity index (χ2v) is 7.64. The summed E-state index contributed by atoms with van der Waals surface area (Å²) in [7, 11) is 1.61. The lowest BCUT2D eigenvalue weighted by Crippen LogP contribution is -2.53. The second-order valence-electron chi connectivity index (χ2n) is 7.64. The van der Waals surface area contributed by atoms with Crippen LogP contribution in [0.5, 0.6) is 5.75 Å². The highest BCUT2D eigenvalue weighted by Gasteiger charge is 2.61. The van der Waals surface area contributed by atoms with Gasteiger partial charge in [-0.25, -0.2) is 0 Å². The number of methoxy groups -OCH3 is 1. The first kappa shape index (κ1) is 18.3. The van der Waals surface area contributed by atoms with E-state index < -0.39 is 12.8 Å². The molecule has 0 saturated heterocycles. The summed E-state index contributed by atoms with van der Waals surface area (Å²) in [5.74, 6) is 1.35. The van der Waals surface area contributed by atoms with Gasteiger partial charge in [-0.05, 0) is 48.8 Å². The van der Waals surface area contributed by atoms with E-state index in [-0.39, 0.29) is 17.8 Å². The molecule has 0 atom stereocenters. The van der Waals surface area contributed by atoms with E-state index in [1.54, 1.807) is 7.11 Å². The molecular formula is C19H21F3N2O3. The monoisotopic (exact) mass is 382 g/mol. The first-order valence-electron chi connectivity index (χ1n) is 8.96. The minimum atomic E-state index is -4.37. The number of benzene rings is 1. The Hall–Kier alpha value is -2.09. The van der Waals surface area contributed by atoms with Gasteiger partial charge in [0.25, 0.3) is 0 Å². The van der Waals surface area contributed by atoms with Gasteiger partial charge in [-0.2, -0.15) is 18.2 Å². The molecule has 2 saturated carbocycles. The van der Waals surface area contributed by atoms with Crippen LogP contribution in [0.25, 0.3) is 0 Å². The van der Waals surface area contributed by atoms with Crippen molar-refractivity contribution in [2.45, 2.75) is 50.3 Å². The highest BCUT2D eigenvalue weighted by Crippen LogP contribution is 2.66. The minimum absolute atomic E-state index is 0.136. The number of rotatable bonds is 6. The van der Waals surface area contributed by atoms with Crippen LogP contribution in [0.15, 0.2) is 28.8 Å². The smallest absolute Gasteiger partial charge is 0.411 e. The number of nitrogens with zero attached hydrogens (tertiary/aromatic N) is 2. The standard InChI is InChI=1S/C19H21F3N2O3/c1-25-14-5-3-13(4-6-14)18(10-17(11-18)7-2-8-17)16-23-15(24-27-16)9-26-12-19(20,21)22/h3-6H,2,7-12H2,1H3. The van der Waals surface area contributed by atoms with Gasteiger partial charge in [0.2, 0.25) is 5.89 Å². The predicted molar refractivity (Wildman–Crippen MR) is 89.3 cm³/mol. The minimum Gasteiger partial charge on any atom is -0.497 e. The average molecular weight is 382 g/mol. The van der Waals surface area contributed by atoms with E-state index >= 15 is 0 Å². The summed E-state index contributed by atoms with van der Waals surface area (Å²) in [5.41, 5.74) is 1.01. The molecule has 1 aromatic carbocycles. The van der Waals surface area contributed by atoms with Gasteiger partial charge >= 0.3 is 6.18 Å². The molecule has 0 aliphatic heterocycles. The number of aromatic nitrogens is 2. The highest BCUT2D eigenvalue weighted by molar-refractivity contribution is 5.41. The zero-order chi connectivity index (χ0) is 19.1. The molecule has 0 bridgehead atoms. The van der Waals surface area contributed by atoms with Crippen LogP contribution >= 0.6 is 0 Å². The molecule has 1 spiro atoms. The third-order valence-electron chi connectivity index (χ3n) is 5.78. The quantitative estimate of drug-likeness (QED) is 0.741. The molecule has 0 unspecified atom stereocenters. The fourth-order valence-corrected chi connectivity index (χ4v) is 4.41. The topological polar surface area (TPSA) is 57.4 Å². The Morgan fingerprint density at radius 2 is 1.85 bits per heavy atom. The van der Waals surface area contributed by atoms with Crippen molar-refractivity contribution in [2.24, 2.45) is 5.41 Å². The third-order valence-corrected chi connectivity index (χ3v) is 5.78. The van der Waals surface area contributed by atoms with Crippen molar-refractivity contribution in [3.8, 4) is 5.75 Å². The zero-order valence-corrected chi connectivity index (χ0v) is 15.0. The average Bonchev–Trinajstić information content (AvgIpc) is 3.01. The van der Waals surface area contributed by atoms with Gasteiger partial charge in [-0.15, -0.1) is 0 Å². The largest absolute Gasteiger partial charge is 0.497 e. The molecule has 0 radical (unpaired) electrons. The van der Waals surface area contributed by atoms with Gasteiger partial charge in [-0.1, -0.05) is 23.7 Å². The van der Waals surface area contributed by atoms with E-state index in [4.69, 9.17) is 9.26 Å². The molecular weight excluding hydrogens is 361 g/mol. The van der Waals surface area contributed by atoms with Crippen molar-refractivity contribution in [3.05, 3.63) is 41.5 Å². The lowest BCUT2D eigenvalue weighted by Gasteiger charge is -2.59. The molecule has 0 amide bonds. The molecule has 27 heavy (non-hydrogen) atoms. The van der Waals surface area contributed by atoms with Gasteiger partial charge in [0.05, 0.1) is 12.5 Å². The predicted octanol–water partition coefficient (Wildman–Crippen LogP) is 4.41. The Bertz CT molecular complexity index is 789. The Morgan fingerprint density at radius 1 is 1.15 bits per heavy atom. The second kappa shape index (κ2) is 6.51. The Labute approximate surface area is 154 Å². The lowest BCUT2D eigenvalue weighted by molar-refractivity contribution is -0.177. The van der Waals surface area contributed by atoms with E-state index in [0.717, 1.165) is 24.2 Å². The first-order valence-corrected chi connectivity index (χ1v) is 8.96. The van der Waals surface area contributed by atoms with Gasteiger partial charge in [0.1, 0.15) is 19.0 Å². The summed E-state index contributed by atoms with van der Waals surface area (Å²) in [4.78, 5) is 4.37. The van der Waals surface area contributed by atoms with Gasteiger partial charge < -0.3 is 14.0 Å². The van der Waals surface area contributed by atoms with E-state index in [0.29, 0.717) is 11.3 Å². The van der Waals surface area contributed by atoms with Gasteiger partial charge in [0.15, 0.2) is 5.82 Å². The van der Waals surface area contributed by atoms with E-state index in [1.807, 2.05) is 24.3 Å². The molecule has 0 N–H and O–H groups in total. The van der Waals surface area contributed by atoms with E-state index in [2.05, 4.69) is 14.9 Å². The van der Waals surface area contributed by atoms with Crippen molar-refractivity contribution in [3.63, 3.8) is 0 Å². The summed E-state index contributed by atoms with van der Waals surface area (Å²) in [5, 5.41) is 3.83. The lowest BCUT2D eigenvalue weighted by atomic mass is 9.43. The SMILES string of the molecule is COc1ccc(C2(c3nc(COCC(F)(F)F)no3)CC3(CCC3)C2)cc1. The summed E-state index contributed by atoms with van der Waals surface area (Å²) in [6.07, 6.45) is 1.08. The molecule has 4 rings (SSSR count). The van der Waals surface area contributed by atoms with E-state index in [1.165, 1.54) is 19.3 Å². The Balaban J connectivity index is 1.55. The van der Waals surface area contributed by atoms with Crippen molar-refractivity contribution in [1.29, 1.82) is 0 Å². The third kappa shape index (κ3) is 3.42. The zero-order valence-electron chi connectivity index (χ0n) is 15.0. The maximum absolute atomic E-state index is 12.2. The molecule has 146 valence electrons. The van der Waals surface area contributed by atoms with Crippen LogP contribution in [-0.4, -0.2) is 30.0 Å². The van der Waals surface area contributed by atoms with Crippen LogP contribution < -0.4 is 4.74 Å². The van der Waals surface area contributed by atoms with Gasteiger partial charge in [0, 0.05) is 0 Å². The first-order chi connectivity index (χ1) is 12.8. The number of alkyl halides is 3. The summed E-state index contributed by atoms with van der Waals surface area (Å²) in [6.45, 7) is -1.66. The molecule has 1 heterocycles. The molecule has 8 heteroatoms. The van der Waals surface area contributed by atoms with Crippen LogP contribution in [0.4, 0.5) is 13.2 Å². The summed E-state index contributed by atoms with van der Waals surface area (Å²) < 4.78 is 52.0. The van der Waals surface area contributed by atoms with Crippen molar-refractivity contribution >= 4 is 0 Å². The normalized spacial score (nSPS) is 20.1. The van der Waals surface area contributed by atoms with Crippen molar-refractivity contribution in [2.75, 3.05) is 13.7 Å². The molecule has 2 aliphatic carbocycles. The molecule has 2 aliphatic rings. The molecule has 2 aromatic rings. The fraction of sp³-hybridized carbons (Fsp3) is 0.579. The Morgan fingerprint density at radius 3 is 2.41 bits per heavy atom. The van der Waals surface area contributed by atoms with Gasteiger partial charge in [-0.3, -0.25) is 0 Å². The number of hydrogen-bond donors (Lipinski definition) is 0. The van der Waals surface area contributed by atoms with Crippen molar-refractivity contribution in [1.82, 2.24) is 10.1 Å². The van der Waals surface area contributed by atoms with E-state index in [9.17, 15) is 13.2 Å².